The van der Waals surface area contributed by atoms with E-state index in [1.807, 2.05) is 13.8 Å². The van der Waals surface area contributed by atoms with Crippen molar-refractivity contribution in [2.45, 2.75) is 27.7 Å². The summed E-state index contributed by atoms with van der Waals surface area (Å²) in [5, 5.41) is 0. The van der Waals surface area contributed by atoms with Gasteiger partial charge in [-0.25, -0.2) is 4.79 Å². The molecule has 18 heavy (non-hydrogen) atoms. The van der Waals surface area contributed by atoms with E-state index in [9.17, 15) is 9.59 Å². The zero-order chi connectivity index (χ0) is 15.0. The molecule has 4 heteroatoms. The normalized spacial score (nSPS) is 7.33. The van der Waals surface area contributed by atoms with E-state index in [0.29, 0.717) is 5.57 Å². The molecule has 0 aliphatic heterocycles. The Morgan fingerprint density at radius 2 is 1.33 bits per heavy atom. The first-order valence-corrected chi connectivity index (χ1v) is 5.47. The lowest BCUT2D eigenvalue weighted by Gasteiger charge is -2.03. The smallest absolute Gasteiger partial charge is 0.333 e. The minimum Gasteiger partial charge on any atom is -0.462 e. The third-order valence-corrected chi connectivity index (χ3v) is 0.970. The zero-order valence-corrected chi connectivity index (χ0v) is 11.8. The van der Waals surface area contributed by atoms with E-state index in [1.54, 1.807) is 19.1 Å². The van der Waals surface area contributed by atoms with Crippen molar-refractivity contribution in [3.05, 3.63) is 37.5 Å². The van der Waals surface area contributed by atoms with Gasteiger partial charge in [0.15, 0.2) is 0 Å². The number of allylic oxidation sites excluding steroid dienone is 2. The lowest BCUT2D eigenvalue weighted by atomic mass is 10.4. The third-order valence-electron chi connectivity index (χ3n) is 0.970. The SMILES string of the molecule is C=C(C)C(=O)OCCOC(C)=O.C=CC.C=CC. The Hall–Kier alpha value is -1.84. The number of rotatable bonds is 4. The molecular formula is C14H24O4. The molecule has 0 saturated carbocycles. The highest BCUT2D eigenvalue weighted by molar-refractivity contribution is 5.86. The van der Waals surface area contributed by atoms with Crippen LogP contribution >= 0.6 is 0 Å². The molecule has 0 aromatic rings. The minimum absolute atomic E-state index is 0.0747. The van der Waals surface area contributed by atoms with Gasteiger partial charge in [0.05, 0.1) is 0 Å². The number of ether oxygens (including phenoxy) is 2. The number of esters is 2. The summed E-state index contributed by atoms with van der Waals surface area (Å²) in [5.74, 6) is -0.858. The molecule has 0 atom stereocenters. The number of hydrogen-bond acceptors (Lipinski definition) is 4. The Bertz CT molecular complexity index is 261. The van der Waals surface area contributed by atoms with Gasteiger partial charge < -0.3 is 9.47 Å². The van der Waals surface area contributed by atoms with Crippen molar-refractivity contribution in [2.75, 3.05) is 13.2 Å². The average molecular weight is 256 g/mol. The second-order valence-electron chi connectivity index (χ2n) is 3.07. The molecular weight excluding hydrogens is 232 g/mol. The fourth-order valence-corrected chi connectivity index (χ4v) is 0.443. The summed E-state index contributed by atoms with van der Waals surface area (Å²) in [5.41, 5.74) is 0.331. The highest BCUT2D eigenvalue weighted by Gasteiger charge is 2.02. The quantitative estimate of drug-likeness (QED) is 0.336. The molecule has 0 bridgehead atoms. The van der Waals surface area contributed by atoms with Crippen molar-refractivity contribution >= 4 is 11.9 Å². The summed E-state index contributed by atoms with van der Waals surface area (Å²) < 4.78 is 9.16. The number of carbonyl (C=O) groups excluding carboxylic acids is 2. The van der Waals surface area contributed by atoms with Crippen molar-refractivity contribution in [1.82, 2.24) is 0 Å². The second-order valence-corrected chi connectivity index (χ2v) is 3.07. The van der Waals surface area contributed by atoms with Crippen molar-refractivity contribution in [3.8, 4) is 0 Å². The van der Waals surface area contributed by atoms with Gasteiger partial charge in [-0.05, 0) is 20.8 Å². The van der Waals surface area contributed by atoms with Gasteiger partial charge >= 0.3 is 11.9 Å². The number of hydrogen-bond donors (Lipinski definition) is 0. The maximum Gasteiger partial charge on any atom is 0.333 e. The van der Waals surface area contributed by atoms with Crippen molar-refractivity contribution in [3.63, 3.8) is 0 Å². The standard InChI is InChI=1S/C8H12O4.2C3H6/c1-6(2)8(10)12-5-4-11-7(3)9;2*1-3-2/h1,4-5H2,2-3H3;2*3H,1H2,2H3. The van der Waals surface area contributed by atoms with Crippen LogP contribution in [0.2, 0.25) is 0 Å². The first kappa shape index (κ1) is 21.4. The van der Waals surface area contributed by atoms with E-state index in [-0.39, 0.29) is 19.2 Å². The summed E-state index contributed by atoms with van der Waals surface area (Å²) in [6, 6.07) is 0. The summed E-state index contributed by atoms with van der Waals surface area (Å²) in [7, 11) is 0. The number of carbonyl (C=O) groups is 2. The van der Waals surface area contributed by atoms with Crippen LogP contribution in [0.1, 0.15) is 27.7 Å². The van der Waals surface area contributed by atoms with Crippen LogP contribution in [-0.2, 0) is 19.1 Å². The second kappa shape index (κ2) is 17.6. The molecule has 0 heterocycles. The van der Waals surface area contributed by atoms with Gasteiger partial charge in [-0.2, -0.15) is 0 Å². The predicted octanol–water partition coefficient (Wildman–Crippen LogP) is 3.05. The first-order chi connectivity index (χ1) is 8.37. The molecule has 0 fully saturated rings. The molecule has 0 rings (SSSR count). The van der Waals surface area contributed by atoms with Gasteiger partial charge in [0.1, 0.15) is 13.2 Å². The van der Waals surface area contributed by atoms with Crippen LogP contribution in [-0.4, -0.2) is 25.2 Å². The Morgan fingerprint density at radius 1 is 1.00 bits per heavy atom. The van der Waals surface area contributed by atoms with Gasteiger partial charge in [-0.1, -0.05) is 18.7 Å². The van der Waals surface area contributed by atoms with E-state index in [1.165, 1.54) is 6.92 Å². The van der Waals surface area contributed by atoms with Crippen LogP contribution in [0.15, 0.2) is 37.5 Å². The average Bonchev–Trinajstić information content (AvgIpc) is 2.25. The van der Waals surface area contributed by atoms with Gasteiger partial charge in [0.25, 0.3) is 0 Å². The monoisotopic (exact) mass is 256 g/mol. The van der Waals surface area contributed by atoms with Crippen molar-refractivity contribution in [2.24, 2.45) is 0 Å². The third kappa shape index (κ3) is 29.2. The Labute approximate surface area is 110 Å². The van der Waals surface area contributed by atoms with Crippen LogP contribution in [0.25, 0.3) is 0 Å². The van der Waals surface area contributed by atoms with E-state index in [4.69, 9.17) is 0 Å². The van der Waals surface area contributed by atoms with Crippen molar-refractivity contribution in [1.29, 1.82) is 0 Å². The molecule has 0 aromatic heterocycles. The summed E-state index contributed by atoms with van der Waals surface area (Å²) >= 11 is 0. The molecule has 0 unspecified atom stereocenters. The molecule has 0 saturated heterocycles. The predicted molar refractivity (Wildman–Crippen MR) is 74.1 cm³/mol. The fraction of sp³-hybridized carbons (Fsp3) is 0.429. The van der Waals surface area contributed by atoms with Crippen LogP contribution in [0.4, 0.5) is 0 Å². The Balaban J connectivity index is -0.000000315. The summed E-state index contributed by atoms with van der Waals surface area (Å²) in [6.45, 7) is 16.9. The minimum atomic E-state index is -0.470. The Morgan fingerprint density at radius 3 is 1.61 bits per heavy atom. The molecule has 104 valence electrons. The molecule has 0 spiro atoms. The molecule has 0 amide bonds. The van der Waals surface area contributed by atoms with Crippen LogP contribution in [0.3, 0.4) is 0 Å². The molecule has 0 radical (unpaired) electrons. The fourth-order valence-electron chi connectivity index (χ4n) is 0.443. The van der Waals surface area contributed by atoms with Crippen LogP contribution in [0.5, 0.6) is 0 Å². The van der Waals surface area contributed by atoms with Crippen molar-refractivity contribution < 1.29 is 19.1 Å². The zero-order valence-electron chi connectivity index (χ0n) is 11.8. The topological polar surface area (TPSA) is 52.6 Å². The lowest BCUT2D eigenvalue weighted by molar-refractivity contribution is -0.148. The maximum atomic E-state index is 10.7. The van der Waals surface area contributed by atoms with Gasteiger partial charge in [-0.15, -0.1) is 13.2 Å². The van der Waals surface area contributed by atoms with E-state index in [2.05, 4.69) is 29.2 Å². The molecule has 0 aliphatic carbocycles. The Kier molecular flexibility index (Phi) is 20.9. The van der Waals surface area contributed by atoms with Crippen LogP contribution in [0, 0.1) is 0 Å². The maximum absolute atomic E-state index is 10.7. The largest absolute Gasteiger partial charge is 0.462 e. The van der Waals surface area contributed by atoms with Gasteiger partial charge in [0.2, 0.25) is 0 Å². The molecule has 4 nitrogen and oxygen atoms in total. The van der Waals surface area contributed by atoms with E-state index in [0.717, 1.165) is 0 Å². The highest BCUT2D eigenvalue weighted by Crippen LogP contribution is 1.91. The van der Waals surface area contributed by atoms with E-state index < -0.39 is 5.97 Å². The molecule has 0 N–H and O–H groups in total. The van der Waals surface area contributed by atoms with Gasteiger partial charge in [0, 0.05) is 12.5 Å². The summed E-state index contributed by atoms with van der Waals surface area (Å²) in [6.07, 6.45) is 3.50. The first-order valence-electron chi connectivity index (χ1n) is 5.47. The highest BCUT2D eigenvalue weighted by atomic mass is 16.6. The van der Waals surface area contributed by atoms with Gasteiger partial charge in [-0.3, -0.25) is 4.79 Å². The molecule has 0 aromatic carbocycles. The van der Waals surface area contributed by atoms with Crippen LogP contribution < -0.4 is 0 Å². The van der Waals surface area contributed by atoms with E-state index >= 15 is 0 Å². The lowest BCUT2D eigenvalue weighted by Crippen LogP contribution is -2.12. The summed E-state index contributed by atoms with van der Waals surface area (Å²) in [4.78, 5) is 21.0. The molecule has 0 aliphatic rings.